The molecule has 6 N–H and O–H groups in total. The number of esters is 2. The molecule has 0 atom stereocenters. The van der Waals surface area contributed by atoms with Crippen molar-refractivity contribution in [1.29, 1.82) is 0 Å². The zero-order valence-electron chi connectivity index (χ0n) is 11.7. The maximum atomic E-state index is 10.4. The summed E-state index contributed by atoms with van der Waals surface area (Å²) in [5.74, 6) is -4.58. The average Bonchev–Trinajstić information content (AvgIpc) is 2.10. The Labute approximate surface area is 115 Å². The summed E-state index contributed by atoms with van der Waals surface area (Å²) in [4.78, 5) is 38.7. The molecular formula is C10H20N2O8. The topological polar surface area (TPSA) is 179 Å². The molecule has 0 aromatic carbocycles. The summed E-state index contributed by atoms with van der Waals surface area (Å²) in [6, 6.07) is 0. The number of aliphatic carboxylic acids is 2. The van der Waals surface area contributed by atoms with Crippen molar-refractivity contribution in [3.05, 3.63) is 0 Å². The molecule has 0 aliphatic rings. The molecule has 0 amide bonds. The number of carbonyl (C=O) groups excluding carboxylic acids is 2. The number of carboxylic acids is 2. The van der Waals surface area contributed by atoms with Crippen LogP contribution in [0.4, 0.5) is 0 Å². The maximum Gasteiger partial charge on any atom is 0.305 e. The zero-order valence-corrected chi connectivity index (χ0v) is 11.7. The van der Waals surface area contributed by atoms with E-state index in [0.717, 1.165) is 20.8 Å². The molecule has 0 aliphatic heterocycles. The van der Waals surface area contributed by atoms with E-state index < -0.39 is 29.7 Å². The normalized spacial score (nSPS) is 8.90. The Kier molecular flexibility index (Phi) is 13.6. The Morgan fingerprint density at radius 1 is 0.900 bits per heavy atom. The summed E-state index contributed by atoms with van der Waals surface area (Å²) in [5.41, 5.74) is 10.4. The Morgan fingerprint density at radius 3 is 1.40 bits per heavy atom. The standard InChI is InChI=1S/C6H12N2O4.2C2H4O2/c1-4(9)11-3-6(7,8)12-5(2)10;2*1-2(3)4/h3,7-8H2,1-2H3;2*1H3,(H,3,4). The van der Waals surface area contributed by atoms with Gasteiger partial charge in [0.05, 0.1) is 0 Å². The molecule has 0 aromatic rings. The van der Waals surface area contributed by atoms with Crippen LogP contribution >= 0.6 is 0 Å². The van der Waals surface area contributed by atoms with Gasteiger partial charge in [-0.2, -0.15) is 0 Å². The van der Waals surface area contributed by atoms with Gasteiger partial charge in [0.15, 0.2) is 6.61 Å². The van der Waals surface area contributed by atoms with Crippen molar-refractivity contribution in [3.8, 4) is 0 Å². The third-order valence-electron chi connectivity index (χ3n) is 0.835. The molecule has 10 nitrogen and oxygen atoms in total. The molecule has 0 unspecified atom stereocenters. The van der Waals surface area contributed by atoms with E-state index >= 15 is 0 Å². The summed E-state index contributed by atoms with van der Waals surface area (Å²) in [6.45, 7) is 4.16. The van der Waals surface area contributed by atoms with Crippen LogP contribution in [-0.4, -0.2) is 46.5 Å². The lowest BCUT2D eigenvalue weighted by Crippen LogP contribution is -2.56. The average molecular weight is 296 g/mol. The monoisotopic (exact) mass is 296 g/mol. The van der Waals surface area contributed by atoms with E-state index in [0.29, 0.717) is 0 Å². The lowest BCUT2D eigenvalue weighted by molar-refractivity contribution is -0.168. The van der Waals surface area contributed by atoms with E-state index in [4.69, 9.17) is 31.3 Å². The number of ether oxygens (including phenoxy) is 2. The Morgan fingerprint density at radius 2 is 1.20 bits per heavy atom. The van der Waals surface area contributed by atoms with Crippen LogP contribution in [-0.2, 0) is 28.7 Å². The maximum absolute atomic E-state index is 10.4. The molecule has 0 fully saturated rings. The van der Waals surface area contributed by atoms with E-state index in [2.05, 4.69) is 9.47 Å². The first kappa shape index (κ1) is 22.9. The molecule has 0 heterocycles. The van der Waals surface area contributed by atoms with E-state index in [1.54, 1.807) is 0 Å². The van der Waals surface area contributed by atoms with Crippen LogP contribution in [0, 0.1) is 0 Å². The van der Waals surface area contributed by atoms with E-state index in [1.165, 1.54) is 6.92 Å². The first-order chi connectivity index (χ1) is 8.80. The third-order valence-corrected chi connectivity index (χ3v) is 0.835. The minimum atomic E-state index is -1.74. The lowest BCUT2D eigenvalue weighted by atomic mass is 10.5. The smallest absolute Gasteiger partial charge is 0.305 e. The molecule has 0 bridgehead atoms. The van der Waals surface area contributed by atoms with Crippen molar-refractivity contribution < 1.29 is 38.9 Å². The number of nitrogens with two attached hydrogens (primary N) is 2. The molecule has 0 aromatic heterocycles. The van der Waals surface area contributed by atoms with Crippen molar-refractivity contribution in [3.63, 3.8) is 0 Å². The molecule has 0 saturated heterocycles. The predicted octanol–water partition coefficient (Wildman–Crippen LogP) is -1.13. The molecule has 118 valence electrons. The van der Waals surface area contributed by atoms with Crippen LogP contribution in [0.2, 0.25) is 0 Å². The fourth-order valence-electron chi connectivity index (χ4n) is 0.511. The van der Waals surface area contributed by atoms with Gasteiger partial charge in [0.1, 0.15) is 0 Å². The first-order valence-electron chi connectivity index (χ1n) is 5.10. The van der Waals surface area contributed by atoms with Crippen LogP contribution in [0.3, 0.4) is 0 Å². The predicted molar refractivity (Wildman–Crippen MR) is 66.1 cm³/mol. The van der Waals surface area contributed by atoms with Crippen LogP contribution < -0.4 is 11.5 Å². The fraction of sp³-hybridized carbons (Fsp3) is 0.600. The largest absolute Gasteiger partial charge is 0.481 e. The van der Waals surface area contributed by atoms with Gasteiger partial charge in [-0.1, -0.05) is 0 Å². The van der Waals surface area contributed by atoms with Crippen molar-refractivity contribution in [2.75, 3.05) is 6.61 Å². The highest BCUT2D eigenvalue weighted by Gasteiger charge is 2.24. The molecular weight excluding hydrogens is 276 g/mol. The van der Waals surface area contributed by atoms with Crippen molar-refractivity contribution in [1.82, 2.24) is 0 Å². The Balaban J connectivity index is -0.000000297. The minimum Gasteiger partial charge on any atom is -0.481 e. The SMILES string of the molecule is CC(=O)O.CC(=O)O.CC(=O)OCC(N)(N)OC(C)=O. The van der Waals surface area contributed by atoms with Crippen molar-refractivity contribution in [2.45, 2.75) is 33.5 Å². The second-order valence-corrected chi connectivity index (χ2v) is 3.37. The third kappa shape index (κ3) is 44.7. The lowest BCUT2D eigenvalue weighted by Gasteiger charge is -2.22. The quantitative estimate of drug-likeness (QED) is 0.367. The summed E-state index contributed by atoms with van der Waals surface area (Å²) in [5, 5.41) is 14.8. The molecule has 10 heteroatoms. The highest BCUT2D eigenvalue weighted by atomic mass is 16.6. The highest BCUT2D eigenvalue weighted by molar-refractivity contribution is 5.67. The van der Waals surface area contributed by atoms with Crippen LogP contribution in [0.5, 0.6) is 0 Å². The van der Waals surface area contributed by atoms with Gasteiger partial charge in [0.25, 0.3) is 17.8 Å². The number of carboxylic acid groups (broad SMARTS) is 2. The molecule has 0 rings (SSSR count). The summed E-state index contributed by atoms with van der Waals surface area (Å²) < 4.78 is 8.87. The van der Waals surface area contributed by atoms with Gasteiger partial charge in [-0.25, -0.2) is 0 Å². The van der Waals surface area contributed by atoms with Gasteiger partial charge in [-0.05, 0) is 0 Å². The number of hydrogen-bond acceptors (Lipinski definition) is 8. The van der Waals surface area contributed by atoms with Gasteiger partial charge in [-0.15, -0.1) is 0 Å². The summed E-state index contributed by atoms with van der Waals surface area (Å²) in [6.07, 6.45) is 0. The second kappa shape index (κ2) is 11.9. The van der Waals surface area contributed by atoms with Gasteiger partial charge in [-0.3, -0.25) is 30.6 Å². The Bertz CT molecular complexity index is 320. The molecule has 0 aliphatic carbocycles. The highest BCUT2D eigenvalue weighted by Crippen LogP contribution is 1.95. The van der Waals surface area contributed by atoms with Crippen LogP contribution in [0.25, 0.3) is 0 Å². The van der Waals surface area contributed by atoms with Gasteiger partial charge < -0.3 is 19.7 Å². The minimum absolute atomic E-state index is 0.359. The van der Waals surface area contributed by atoms with E-state index in [-0.39, 0.29) is 6.61 Å². The summed E-state index contributed by atoms with van der Waals surface area (Å²) in [7, 11) is 0. The van der Waals surface area contributed by atoms with Gasteiger partial charge >= 0.3 is 11.9 Å². The first-order valence-corrected chi connectivity index (χ1v) is 5.10. The number of rotatable bonds is 3. The second-order valence-electron chi connectivity index (χ2n) is 3.37. The van der Waals surface area contributed by atoms with Crippen molar-refractivity contribution in [2.24, 2.45) is 11.5 Å². The number of hydrogen-bond donors (Lipinski definition) is 4. The molecule has 0 saturated carbocycles. The molecule has 0 spiro atoms. The van der Waals surface area contributed by atoms with Crippen LogP contribution in [0.1, 0.15) is 27.7 Å². The van der Waals surface area contributed by atoms with Crippen molar-refractivity contribution >= 4 is 23.9 Å². The fourth-order valence-corrected chi connectivity index (χ4v) is 0.511. The zero-order chi connectivity index (χ0) is 16.9. The summed E-state index contributed by atoms with van der Waals surface area (Å²) >= 11 is 0. The Hall–Kier alpha value is -2.20. The van der Waals surface area contributed by atoms with E-state index in [1.807, 2.05) is 0 Å². The van der Waals surface area contributed by atoms with Gasteiger partial charge in [0.2, 0.25) is 0 Å². The molecule has 0 radical (unpaired) electrons. The number of carbonyl (C=O) groups is 4. The van der Waals surface area contributed by atoms with Gasteiger partial charge in [0, 0.05) is 27.7 Å². The van der Waals surface area contributed by atoms with Crippen LogP contribution in [0.15, 0.2) is 0 Å². The molecule has 20 heavy (non-hydrogen) atoms. The van der Waals surface area contributed by atoms with E-state index in [9.17, 15) is 9.59 Å².